The summed E-state index contributed by atoms with van der Waals surface area (Å²) in [6.45, 7) is 6.77. The van der Waals surface area contributed by atoms with Gasteiger partial charge in [-0.05, 0) is 78.8 Å². The van der Waals surface area contributed by atoms with Crippen LogP contribution < -0.4 is 20.3 Å². The highest BCUT2D eigenvalue weighted by molar-refractivity contribution is 7.19. The number of rotatable bonds is 10. The maximum Gasteiger partial charge on any atom is 0.324 e. The van der Waals surface area contributed by atoms with Gasteiger partial charge in [-0.1, -0.05) is 31.3 Å². The van der Waals surface area contributed by atoms with Crippen molar-refractivity contribution < 1.29 is 19.4 Å². The number of thiazole rings is 1. The molecule has 1 aliphatic rings. The fourth-order valence-electron chi connectivity index (χ4n) is 5.07. The second kappa shape index (κ2) is 13.5. The number of urea groups is 1. The molecule has 0 unspecified atom stereocenters. The normalized spacial score (nSPS) is 13.0. The number of hydrogen-bond acceptors (Lipinski definition) is 9. The molecule has 4 heterocycles. The van der Waals surface area contributed by atoms with Crippen molar-refractivity contribution in [3.63, 3.8) is 0 Å². The molecule has 46 heavy (non-hydrogen) atoms. The van der Waals surface area contributed by atoms with Crippen LogP contribution in [0, 0.1) is 12.8 Å². The van der Waals surface area contributed by atoms with Gasteiger partial charge in [-0.15, -0.1) is 0 Å². The van der Waals surface area contributed by atoms with E-state index in [4.69, 9.17) is 9.84 Å². The number of nitrogens with one attached hydrogen (secondary N) is 2. The first-order chi connectivity index (χ1) is 22.2. The molecule has 0 bridgehead atoms. The number of benzene rings is 2. The first-order valence-corrected chi connectivity index (χ1v) is 15.8. The van der Waals surface area contributed by atoms with E-state index in [0.717, 1.165) is 50.9 Å². The zero-order valence-corrected chi connectivity index (χ0v) is 26.5. The number of carbonyl (C=O) groups excluding carboxylic acids is 2. The largest absolute Gasteiger partial charge is 0.424 e. The Morgan fingerprint density at radius 1 is 1.04 bits per heavy atom. The number of aromatic nitrogens is 5. The van der Waals surface area contributed by atoms with Crippen LogP contribution in [0.5, 0.6) is 11.8 Å². The lowest BCUT2D eigenvalue weighted by molar-refractivity contribution is -0.117. The summed E-state index contributed by atoms with van der Waals surface area (Å²) in [6.07, 6.45) is 6.88. The molecule has 6 rings (SSSR count). The highest BCUT2D eigenvalue weighted by Crippen LogP contribution is 2.34. The molecular weight excluding hydrogens is 604 g/mol. The van der Waals surface area contributed by atoms with E-state index in [1.165, 1.54) is 23.7 Å². The summed E-state index contributed by atoms with van der Waals surface area (Å²) in [6, 6.07) is 14.6. The van der Waals surface area contributed by atoms with Gasteiger partial charge in [0.25, 0.3) is 0 Å². The molecule has 3 aromatic heterocycles. The van der Waals surface area contributed by atoms with Gasteiger partial charge in [0.2, 0.25) is 5.91 Å². The van der Waals surface area contributed by atoms with Gasteiger partial charge < -0.3 is 15.2 Å². The molecule has 3 N–H and O–H groups in total. The lowest BCUT2D eigenvalue weighted by atomic mass is 10.1. The van der Waals surface area contributed by atoms with Crippen molar-refractivity contribution in [1.29, 1.82) is 0 Å². The number of ether oxygens (including phenoxy) is 1. The lowest BCUT2D eigenvalue weighted by Crippen LogP contribution is -2.23. The number of aryl methyl sites for hydroxylation is 1. The molecule has 0 aliphatic carbocycles. The summed E-state index contributed by atoms with van der Waals surface area (Å²) in [5.74, 6) is 1.54. The Kier molecular flexibility index (Phi) is 9.04. The molecule has 0 radical (unpaired) electrons. The molecule has 2 aromatic carbocycles. The number of carbonyl (C=O) groups is 2. The Labute approximate surface area is 270 Å². The van der Waals surface area contributed by atoms with E-state index in [-0.39, 0.29) is 18.5 Å². The van der Waals surface area contributed by atoms with E-state index < -0.39 is 6.03 Å². The summed E-state index contributed by atoms with van der Waals surface area (Å²) >= 11 is 1.48. The van der Waals surface area contributed by atoms with E-state index in [1.807, 2.05) is 55.5 Å². The second-order valence-electron chi connectivity index (χ2n) is 11.4. The minimum absolute atomic E-state index is 0.0926. The summed E-state index contributed by atoms with van der Waals surface area (Å²) in [4.78, 5) is 40.6. The molecule has 1 aliphatic heterocycles. The van der Waals surface area contributed by atoms with Crippen molar-refractivity contribution >= 4 is 39.9 Å². The van der Waals surface area contributed by atoms with Crippen molar-refractivity contribution in [2.45, 2.75) is 46.6 Å². The Morgan fingerprint density at radius 2 is 1.83 bits per heavy atom. The number of nitrogens with zero attached hydrogens (tertiary/aromatic N) is 6. The molecule has 1 fully saturated rings. The van der Waals surface area contributed by atoms with Crippen molar-refractivity contribution in [2.75, 3.05) is 22.1 Å². The van der Waals surface area contributed by atoms with Crippen LogP contribution in [0.3, 0.4) is 0 Å². The maximum atomic E-state index is 13.0. The molecule has 1 saturated heterocycles. The van der Waals surface area contributed by atoms with Crippen molar-refractivity contribution in [3.05, 3.63) is 83.9 Å². The average molecular weight is 639 g/mol. The van der Waals surface area contributed by atoms with E-state index in [0.29, 0.717) is 36.1 Å². The smallest absolute Gasteiger partial charge is 0.324 e. The van der Waals surface area contributed by atoms with Gasteiger partial charge in [-0.2, -0.15) is 5.10 Å². The van der Waals surface area contributed by atoms with Gasteiger partial charge in [-0.3, -0.25) is 15.0 Å². The molecule has 236 valence electrons. The number of aliphatic hydroxyl groups is 1. The molecule has 13 heteroatoms. The van der Waals surface area contributed by atoms with Crippen LogP contribution in [-0.2, 0) is 17.8 Å². The van der Waals surface area contributed by atoms with Crippen molar-refractivity contribution in [1.82, 2.24) is 24.7 Å². The Balaban J connectivity index is 1.08. The van der Waals surface area contributed by atoms with Crippen LogP contribution >= 0.6 is 11.3 Å². The fraction of sp³-hybridized carbons (Fsp3) is 0.273. The molecule has 0 spiro atoms. The standard InChI is InChI=1S/C33H34N8O4S/c1-20(2)13-24-15-29(41(39-24)26-9-6-21(3)23(14-26)19-42)38-31(44)37-25-16-34-32(35-17-25)45-27-10-7-22(8-11-27)28-18-36-33(46-28)40-12-4-5-30(40)43/h6-11,14-18,20,42H,4-5,12-13,19H2,1-3H3,(H2,37,38,44). The fourth-order valence-corrected chi connectivity index (χ4v) is 6.04. The number of anilines is 3. The van der Waals surface area contributed by atoms with E-state index in [1.54, 1.807) is 15.8 Å². The first kappa shape index (κ1) is 30.9. The Hall–Kier alpha value is -5.14. The molecule has 0 saturated carbocycles. The number of hydrogen-bond donors (Lipinski definition) is 3. The zero-order chi connectivity index (χ0) is 32.2. The monoisotopic (exact) mass is 638 g/mol. The highest BCUT2D eigenvalue weighted by atomic mass is 32.1. The third-order valence-corrected chi connectivity index (χ3v) is 8.47. The van der Waals surface area contributed by atoms with E-state index in [2.05, 4.69) is 39.4 Å². The molecule has 5 aromatic rings. The van der Waals surface area contributed by atoms with Crippen LogP contribution in [0.4, 0.5) is 21.4 Å². The van der Waals surface area contributed by atoms with Crippen LogP contribution in [0.2, 0.25) is 0 Å². The first-order valence-electron chi connectivity index (χ1n) is 15.0. The van der Waals surface area contributed by atoms with Crippen LogP contribution in [-0.4, -0.2) is 48.3 Å². The Bertz CT molecular complexity index is 1850. The second-order valence-corrected chi connectivity index (χ2v) is 12.4. The average Bonchev–Trinajstić information content (AvgIpc) is 3.79. The van der Waals surface area contributed by atoms with Crippen LogP contribution in [0.15, 0.2) is 67.1 Å². The number of amides is 3. The van der Waals surface area contributed by atoms with Gasteiger partial charge in [0.05, 0.1) is 40.9 Å². The predicted molar refractivity (Wildman–Crippen MR) is 177 cm³/mol. The number of aliphatic hydroxyl groups excluding tert-OH is 1. The predicted octanol–water partition coefficient (Wildman–Crippen LogP) is 6.35. The van der Waals surface area contributed by atoms with E-state index in [9.17, 15) is 14.7 Å². The van der Waals surface area contributed by atoms with Gasteiger partial charge in [0.15, 0.2) is 5.13 Å². The van der Waals surface area contributed by atoms with Gasteiger partial charge in [0.1, 0.15) is 11.6 Å². The van der Waals surface area contributed by atoms with Crippen molar-refractivity contribution in [3.8, 4) is 27.9 Å². The summed E-state index contributed by atoms with van der Waals surface area (Å²) in [5, 5.41) is 20.8. The molecule has 12 nitrogen and oxygen atoms in total. The van der Waals surface area contributed by atoms with Gasteiger partial charge in [0, 0.05) is 25.2 Å². The van der Waals surface area contributed by atoms with Gasteiger partial charge >= 0.3 is 12.0 Å². The SMILES string of the molecule is Cc1ccc(-n2nc(CC(C)C)cc2NC(=O)Nc2cnc(Oc3ccc(-c4cnc(N5CCCC5=O)s4)cc3)nc2)cc1CO. The molecular formula is C33H34N8O4S. The summed E-state index contributed by atoms with van der Waals surface area (Å²) in [5.41, 5.74) is 4.67. The van der Waals surface area contributed by atoms with Crippen LogP contribution in [0.25, 0.3) is 16.1 Å². The maximum absolute atomic E-state index is 13.0. The van der Waals surface area contributed by atoms with E-state index >= 15 is 0 Å². The minimum Gasteiger partial charge on any atom is -0.424 e. The van der Waals surface area contributed by atoms with Crippen LogP contribution in [0.1, 0.15) is 43.5 Å². The van der Waals surface area contributed by atoms with Crippen molar-refractivity contribution in [2.24, 2.45) is 5.92 Å². The topological polar surface area (TPSA) is 147 Å². The minimum atomic E-state index is -0.486. The zero-order valence-electron chi connectivity index (χ0n) is 25.7. The lowest BCUT2D eigenvalue weighted by Gasteiger charge is -2.12. The molecule has 0 atom stereocenters. The third-order valence-electron chi connectivity index (χ3n) is 7.40. The highest BCUT2D eigenvalue weighted by Gasteiger charge is 2.24. The third kappa shape index (κ3) is 7.05. The Morgan fingerprint density at radius 3 is 2.52 bits per heavy atom. The van der Waals surface area contributed by atoms with Gasteiger partial charge in [-0.25, -0.2) is 24.4 Å². The summed E-state index contributed by atoms with van der Waals surface area (Å²) in [7, 11) is 0. The summed E-state index contributed by atoms with van der Waals surface area (Å²) < 4.78 is 7.47. The quantitative estimate of drug-likeness (QED) is 0.160. The molecule has 3 amide bonds.